The fraction of sp³-hybridized carbons (Fsp3) is 0.438. The molecule has 2 bridgehead atoms. The van der Waals surface area contributed by atoms with Crippen molar-refractivity contribution in [3.63, 3.8) is 0 Å². The molecule has 6 nitrogen and oxygen atoms in total. The Hall–Kier alpha value is -2.21. The first-order valence-corrected chi connectivity index (χ1v) is 7.62. The van der Waals surface area contributed by atoms with Crippen molar-refractivity contribution in [3.05, 3.63) is 30.5 Å². The molecule has 5 rings (SSSR count). The summed E-state index contributed by atoms with van der Waals surface area (Å²) >= 11 is 0. The smallest absolute Gasteiger partial charge is 0.415 e. The number of rotatable bonds is 3. The van der Waals surface area contributed by atoms with Crippen molar-refractivity contribution < 1.29 is 18.4 Å². The summed E-state index contributed by atoms with van der Waals surface area (Å²) in [6, 6.07) is 7.08. The van der Waals surface area contributed by atoms with Crippen LogP contribution in [0.1, 0.15) is 12.8 Å². The number of piperidine rings is 3. The normalized spacial score (nSPS) is 26.8. The monoisotopic (exact) mass is 302 g/mol. The SMILES string of the molecule is O=C(N[C@H]1CN2CCC1CC2)Oc1ccc(-c2ccco2)o1. The molecule has 3 saturated heterocycles. The lowest BCUT2D eigenvalue weighted by atomic mass is 9.84. The molecule has 3 fully saturated rings. The first kappa shape index (κ1) is 13.5. The van der Waals surface area contributed by atoms with Crippen LogP contribution in [-0.2, 0) is 0 Å². The van der Waals surface area contributed by atoms with E-state index in [-0.39, 0.29) is 12.0 Å². The zero-order valence-electron chi connectivity index (χ0n) is 12.2. The average Bonchev–Trinajstić information content (AvgIpc) is 3.19. The molecule has 2 aromatic rings. The summed E-state index contributed by atoms with van der Waals surface area (Å²) in [5, 5.41) is 2.96. The van der Waals surface area contributed by atoms with E-state index in [2.05, 4.69) is 10.2 Å². The van der Waals surface area contributed by atoms with Gasteiger partial charge in [-0.25, -0.2) is 4.79 Å². The van der Waals surface area contributed by atoms with Crippen LogP contribution in [0.15, 0.2) is 39.4 Å². The van der Waals surface area contributed by atoms with Crippen LogP contribution in [0.3, 0.4) is 0 Å². The van der Waals surface area contributed by atoms with E-state index in [0.29, 0.717) is 17.4 Å². The third-order valence-corrected chi connectivity index (χ3v) is 4.50. The fourth-order valence-corrected chi connectivity index (χ4v) is 3.33. The van der Waals surface area contributed by atoms with Crippen LogP contribution in [0.25, 0.3) is 11.5 Å². The molecule has 6 heteroatoms. The summed E-state index contributed by atoms with van der Waals surface area (Å²) in [5.74, 6) is 1.88. The second-order valence-electron chi connectivity index (χ2n) is 5.87. The molecule has 22 heavy (non-hydrogen) atoms. The highest BCUT2D eigenvalue weighted by Crippen LogP contribution is 2.28. The Morgan fingerprint density at radius 2 is 2.09 bits per heavy atom. The van der Waals surface area contributed by atoms with Gasteiger partial charge in [-0.05, 0) is 50.0 Å². The highest BCUT2D eigenvalue weighted by Gasteiger charge is 2.35. The average molecular weight is 302 g/mol. The van der Waals surface area contributed by atoms with E-state index in [1.807, 2.05) is 0 Å². The summed E-state index contributed by atoms with van der Waals surface area (Å²) in [6.07, 6.45) is 3.40. The van der Waals surface area contributed by atoms with Crippen LogP contribution in [0.2, 0.25) is 0 Å². The predicted molar refractivity (Wildman–Crippen MR) is 78.5 cm³/mol. The Labute approximate surface area is 128 Å². The van der Waals surface area contributed by atoms with E-state index in [9.17, 15) is 4.79 Å². The number of ether oxygens (including phenoxy) is 1. The highest BCUT2D eigenvalue weighted by molar-refractivity contribution is 5.70. The molecule has 1 atom stereocenters. The largest absolute Gasteiger partial charge is 0.461 e. The van der Waals surface area contributed by atoms with Gasteiger partial charge in [-0.2, -0.15) is 0 Å². The molecule has 1 N–H and O–H groups in total. The van der Waals surface area contributed by atoms with Crippen LogP contribution >= 0.6 is 0 Å². The summed E-state index contributed by atoms with van der Waals surface area (Å²) < 4.78 is 15.9. The van der Waals surface area contributed by atoms with Crippen molar-refractivity contribution in [2.75, 3.05) is 19.6 Å². The number of hydrogen-bond donors (Lipinski definition) is 1. The van der Waals surface area contributed by atoms with Gasteiger partial charge in [0.05, 0.1) is 6.26 Å². The van der Waals surface area contributed by atoms with Gasteiger partial charge in [-0.1, -0.05) is 0 Å². The van der Waals surface area contributed by atoms with Crippen LogP contribution in [0.4, 0.5) is 4.79 Å². The van der Waals surface area contributed by atoms with Gasteiger partial charge < -0.3 is 23.8 Å². The zero-order chi connectivity index (χ0) is 14.9. The minimum absolute atomic E-state index is 0.171. The molecule has 116 valence electrons. The summed E-state index contributed by atoms with van der Waals surface area (Å²) in [6.45, 7) is 3.20. The second kappa shape index (κ2) is 5.53. The topological polar surface area (TPSA) is 67.9 Å². The first-order chi connectivity index (χ1) is 10.8. The molecule has 0 spiro atoms. The van der Waals surface area contributed by atoms with Crippen molar-refractivity contribution in [3.8, 4) is 17.5 Å². The number of amides is 1. The lowest BCUT2D eigenvalue weighted by molar-refractivity contribution is 0.0715. The van der Waals surface area contributed by atoms with E-state index >= 15 is 0 Å². The maximum atomic E-state index is 12.0. The molecule has 0 radical (unpaired) electrons. The zero-order valence-corrected chi connectivity index (χ0v) is 12.2. The second-order valence-corrected chi connectivity index (χ2v) is 5.87. The molecule has 0 aliphatic carbocycles. The molecule has 3 aliphatic heterocycles. The number of furan rings is 2. The Kier molecular flexibility index (Phi) is 3.38. The van der Waals surface area contributed by atoms with E-state index in [4.69, 9.17) is 13.6 Å². The molecule has 2 aromatic heterocycles. The van der Waals surface area contributed by atoms with Crippen molar-refractivity contribution in [2.24, 2.45) is 5.92 Å². The summed E-state index contributed by atoms with van der Waals surface area (Å²) in [7, 11) is 0. The number of fused-ring (bicyclic) bond motifs is 3. The molecule has 0 unspecified atom stereocenters. The third-order valence-electron chi connectivity index (χ3n) is 4.50. The highest BCUT2D eigenvalue weighted by atomic mass is 16.6. The first-order valence-electron chi connectivity index (χ1n) is 7.62. The molecular weight excluding hydrogens is 284 g/mol. The van der Waals surface area contributed by atoms with E-state index in [1.54, 1.807) is 30.5 Å². The molecule has 0 aromatic carbocycles. The van der Waals surface area contributed by atoms with Gasteiger partial charge in [0, 0.05) is 18.7 Å². The van der Waals surface area contributed by atoms with Crippen LogP contribution in [0.5, 0.6) is 5.95 Å². The van der Waals surface area contributed by atoms with Gasteiger partial charge >= 0.3 is 6.09 Å². The van der Waals surface area contributed by atoms with Gasteiger partial charge in [0.25, 0.3) is 5.95 Å². The van der Waals surface area contributed by atoms with Gasteiger partial charge in [0.2, 0.25) is 0 Å². The van der Waals surface area contributed by atoms with Gasteiger partial charge in [-0.3, -0.25) is 0 Å². The van der Waals surface area contributed by atoms with Crippen molar-refractivity contribution in [2.45, 2.75) is 18.9 Å². The van der Waals surface area contributed by atoms with Gasteiger partial charge in [0.1, 0.15) is 0 Å². The summed E-state index contributed by atoms with van der Waals surface area (Å²) in [4.78, 5) is 14.4. The molecular formula is C16H18N2O4. The Bertz CT molecular complexity index is 641. The van der Waals surface area contributed by atoms with Crippen LogP contribution in [0, 0.1) is 5.92 Å². The fourth-order valence-electron chi connectivity index (χ4n) is 3.33. The molecule has 1 amide bonds. The van der Waals surface area contributed by atoms with E-state index < -0.39 is 6.09 Å². The van der Waals surface area contributed by atoms with Crippen molar-refractivity contribution >= 4 is 6.09 Å². The lowest BCUT2D eigenvalue weighted by Gasteiger charge is -2.44. The standard InChI is InChI=1S/C16H18N2O4/c19-16(17-12-10-18-7-5-11(12)6-8-18)22-15-4-3-14(21-15)13-2-1-9-20-13/h1-4,9,11-12H,5-8,10H2,(H,17,19)/t12-/m0/s1. The maximum absolute atomic E-state index is 12.0. The molecule has 3 aliphatic rings. The Morgan fingerprint density at radius 3 is 2.77 bits per heavy atom. The summed E-state index contributed by atoms with van der Waals surface area (Å²) in [5.41, 5.74) is 0. The number of hydrogen-bond acceptors (Lipinski definition) is 5. The Morgan fingerprint density at radius 1 is 1.23 bits per heavy atom. The van der Waals surface area contributed by atoms with E-state index in [1.165, 1.54) is 0 Å². The van der Waals surface area contributed by atoms with Gasteiger partial charge in [0.15, 0.2) is 11.5 Å². The third kappa shape index (κ3) is 2.62. The number of nitrogens with zero attached hydrogens (tertiary/aromatic N) is 1. The Balaban J connectivity index is 1.36. The van der Waals surface area contributed by atoms with Crippen LogP contribution < -0.4 is 10.1 Å². The molecule has 5 heterocycles. The number of nitrogens with one attached hydrogen (secondary N) is 1. The van der Waals surface area contributed by atoms with Gasteiger partial charge in [-0.15, -0.1) is 0 Å². The number of carbonyl (C=O) groups excluding carboxylic acids is 1. The minimum atomic E-state index is -0.459. The lowest BCUT2D eigenvalue weighted by Crippen LogP contribution is -2.57. The van der Waals surface area contributed by atoms with Crippen molar-refractivity contribution in [1.82, 2.24) is 10.2 Å². The maximum Gasteiger partial charge on any atom is 0.415 e. The van der Waals surface area contributed by atoms with Crippen LogP contribution in [-0.4, -0.2) is 36.7 Å². The quantitative estimate of drug-likeness (QED) is 0.944. The van der Waals surface area contributed by atoms with Crippen molar-refractivity contribution in [1.29, 1.82) is 0 Å². The number of carbonyl (C=O) groups is 1. The minimum Gasteiger partial charge on any atom is -0.461 e. The predicted octanol–water partition coefficient (Wildman–Crippen LogP) is 2.72. The van der Waals surface area contributed by atoms with E-state index in [0.717, 1.165) is 32.5 Å². The molecule has 0 saturated carbocycles.